The molecule has 2 aliphatic rings. The van der Waals surface area contributed by atoms with E-state index >= 15 is 0 Å². The number of benzene rings is 1. The van der Waals surface area contributed by atoms with Gasteiger partial charge in [-0.3, -0.25) is 5.10 Å². The number of hydrogen-bond acceptors (Lipinski definition) is 7. The predicted octanol–water partition coefficient (Wildman–Crippen LogP) is 2.94. The van der Waals surface area contributed by atoms with E-state index in [1.54, 1.807) is 12.4 Å². The number of rotatable bonds is 5. The lowest BCUT2D eigenvalue weighted by atomic mass is 9.98. The van der Waals surface area contributed by atoms with Crippen molar-refractivity contribution in [3.05, 3.63) is 54.0 Å². The fourth-order valence-corrected chi connectivity index (χ4v) is 3.75. The third-order valence-electron chi connectivity index (χ3n) is 5.25. The summed E-state index contributed by atoms with van der Waals surface area (Å²) in [5.41, 5.74) is 4.03. The van der Waals surface area contributed by atoms with Crippen LogP contribution in [-0.2, 0) is 0 Å². The molecule has 2 aromatic heterocycles. The van der Waals surface area contributed by atoms with Crippen molar-refractivity contribution in [2.24, 2.45) is 4.99 Å². The van der Waals surface area contributed by atoms with E-state index in [4.69, 9.17) is 4.74 Å². The number of aromatic nitrogens is 4. The first-order chi connectivity index (χ1) is 14.6. The van der Waals surface area contributed by atoms with Gasteiger partial charge in [0.2, 0.25) is 0 Å². The highest BCUT2D eigenvalue weighted by molar-refractivity contribution is 6.21. The Morgan fingerprint density at radius 2 is 1.87 bits per heavy atom. The monoisotopic (exact) mass is 407 g/mol. The summed E-state index contributed by atoms with van der Waals surface area (Å²) < 4.78 is 19.7. The van der Waals surface area contributed by atoms with E-state index in [-0.39, 0.29) is 11.9 Å². The molecule has 154 valence electrons. The van der Waals surface area contributed by atoms with Crippen LogP contribution < -0.4 is 14.5 Å². The molecule has 1 N–H and O–H groups in total. The average Bonchev–Trinajstić information content (AvgIpc) is 3.27. The molecule has 1 saturated heterocycles. The molecule has 0 atom stereocenters. The van der Waals surface area contributed by atoms with E-state index in [1.165, 1.54) is 6.07 Å². The van der Waals surface area contributed by atoms with Crippen LogP contribution in [0.1, 0.15) is 25.1 Å². The van der Waals surface area contributed by atoms with E-state index in [0.717, 1.165) is 54.7 Å². The molecular formula is C21H22FN7O. The Morgan fingerprint density at radius 3 is 2.60 bits per heavy atom. The molecule has 0 aliphatic carbocycles. The SMILES string of the molecule is CC(C)Oc1cc2c(cc1F)N=C2c1cc(N2CCN(c3cn[nH]c3)CC2)ncn1. The molecule has 3 aromatic rings. The van der Waals surface area contributed by atoms with Gasteiger partial charge in [-0.1, -0.05) is 0 Å². The van der Waals surface area contributed by atoms with E-state index in [2.05, 4.69) is 35.0 Å². The van der Waals surface area contributed by atoms with Crippen LogP contribution in [0.3, 0.4) is 0 Å². The number of fused-ring (bicyclic) bond motifs is 1. The van der Waals surface area contributed by atoms with Crippen molar-refractivity contribution in [1.82, 2.24) is 20.2 Å². The van der Waals surface area contributed by atoms with Gasteiger partial charge >= 0.3 is 0 Å². The zero-order valence-corrected chi connectivity index (χ0v) is 16.8. The number of H-pyrrole nitrogens is 1. The van der Waals surface area contributed by atoms with Gasteiger partial charge in [-0.25, -0.2) is 19.4 Å². The zero-order chi connectivity index (χ0) is 20.7. The van der Waals surface area contributed by atoms with Crippen LogP contribution in [0.25, 0.3) is 0 Å². The highest BCUT2D eigenvalue weighted by Crippen LogP contribution is 2.37. The number of nitrogens with one attached hydrogen (secondary N) is 1. The molecule has 1 aromatic carbocycles. The van der Waals surface area contributed by atoms with Crippen molar-refractivity contribution in [3.8, 4) is 5.75 Å². The van der Waals surface area contributed by atoms with Crippen molar-refractivity contribution in [2.45, 2.75) is 20.0 Å². The lowest BCUT2D eigenvalue weighted by Gasteiger charge is -2.36. The minimum absolute atomic E-state index is 0.107. The molecule has 2 aliphatic heterocycles. The first kappa shape index (κ1) is 18.5. The minimum atomic E-state index is -0.399. The third-order valence-corrected chi connectivity index (χ3v) is 5.25. The number of aromatic amines is 1. The van der Waals surface area contributed by atoms with Gasteiger partial charge in [0.25, 0.3) is 0 Å². The van der Waals surface area contributed by atoms with Crippen LogP contribution >= 0.6 is 0 Å². The third kappa shape index (κ3) is 3.36. The summed E-state index contributed by atoms with van der Waals surface area (Å²) >= 11 is 0. The van der Waals surface area contributed by atoms with Gasteiger partial charge in [-0.15, -0.1) is 0 Å². The molecular weight excluding hydrogens is 385 g/mol. The van der Waals surface area contributed by atoms with Crippen LogP contribution in [0, 0.1) is 5.82 Å². The molecule has 8 nitrogen and oxygen atoms in total. The van der Waals surface area contributed by atoms with Gasteiger partial charge in [0.05, 0.1) is 35.1 Å². The quantitative estimate of drug-likeness (QED) is 0.548. The summed E-state index contributed by atoms with van der Waals surface area (Å²) in [6.45, 7) is 7.22. The first-order valence-corrected chi connectivity index (χ1v) is 9.99. The van der Waals surface area contributed by atoms with E-state index < -0.39 is 5.82 Å². The number of aliphatic imine (C=N–C) groups is 1. The van der Waals surface area contributed by atoms with E-state index in [0.29, 0.717) is 5.69 Å². The Kier molecular flexibility index (Phi) is 4.57. The number of nitrogens with zero attached hydrogens (tertiary/aromatic N) is 6. The van der Waals surface area contributed by atoms with Gasteiger partial charge in [0.1, 0.15) is 12.1 Å². The first-order valence-electron chi connectivity index (χ1n) is 9.99. The summed E-state index contributed by atoms with van der Waals surface area (Å²) in [5, 5.41) is 6.88. The topological polar surface area (TPSA) is 82.5 Å². The second-order valence-electron chi connectivity index (χ2n) is 7.62. The summed E-state index contributed by atoms with van der Waals surface area (Å²) in [6, 6.07) is 5.06. The lowest BCUT2D eigenvalue weighted by molar-refractivity contribution is 0.231. The van der Waals surface area contributed by atoms with Gasteiger partial charge in [-0.05, 0) is 19.9 Å². The van der Waals surface area contributed by atoms with Crippen LogP contribution in [0.4, 0.5) is 21.6 Å². The van der Waals surface area contributed by atoms with Gasteiger partial charge < -0.3 is 14.5 Å². The number of hydrogen-bond donors (Lipinski definition) is 1. The zero-order valence-electron chi connectivity index (χ0n) is 16.8. The van der Waals surface area contributed by atoms with E-state index in [9.17, 15) is 4.39 Å². The van der Waals surface area contributed by atoms with E-state index in [1.807, 2.05) is 32.3 Å². The molecule has 0 unspecified atom stereocenters. The molecule has 9 heteroatoms. The standard InChI is InChI=1S/C21H22FN7O/c1-13(2)30-19-7-15-17(8-16(19)22)27-21(15)18-9-20(24-12-23-18)29-5-3-28(4-6-29)14-10-25-26-11-14/h7-13H,3-6H2,1-2H3,(H,25,26). The lowest BCUT2D eigenvalue weighted by Crippen LogP contribution is -2.46. The maximum Gasteiger partial charge on any atom is 0.167 e. The summed E-state index contributed by atoms with van der Waals surface area (Å²) in [5.74, 6) is 0.702. The smallest absolute Gasteiger partial charge is 0.167 e. The van der Waals surface area contributed by atoms with Crippen LogP contribution in [0.15, 0.2) is 41.9 Å². The fourth-order valence-electron chi connectivity index (χ4n) is 3.75. The largest absolute Gasteiger partial charge is 0.488 e. The molecule has 30 heavy (non-hydrogen) atoms. The average molecular weight is 407 g/mol. The highest BCUT2D eigenvalue weighted by atomic mass is 19.1. The molecule has 0 spiro atoms. The van der Waals surface area contributed by atoms with Gasteiger partial charge in [0.15, 0.2) is 11.6 Å². The normalized spacial score (nSPS) is 15.7. The summed E-state index contributed by atoms with van der Waals surface area (Å²) in [6.07, 6.45) is 5.20. The molecule has 0 bridgehead atoms. The Hall–Kier alpha value is -3.49. The number of piperazine rings is 1. The maximum atomic E-state index is 14.2. The fraction of sp³-hybridized carbons (Fsp3) is 0.333. The molecule has 0 radical (unpaired) electrons. The number of halogens is 1. The van der Waals surface area contributed by atoms with Crippen molar-refractivity contribution in [3.63, 3.8) is 0 Å². The predicted molar refractivity (Wildman–Crippen MR) is 113 cm³/mol. The Balaban J connectivity index is 1.33. The Morgan fingerprint density at radius 1 is 1.07 bits per heavy atom. The van der Waals surface area contributed by atoms with Crippen molar-refractivity contribution in [1.29, 1.82) is 0 Å². The molecule has 0 amide bonds. The van der Waals surface area contributed by atoms with Crippen molar-refractivity contribution < 1.29 is 9.13 Å². The minimum Gasteiger partial charge on any atom is -0.488 e. The summed E-state index contributed by atoms with van der Waals surface area (Å²) in [7, 11) is 0. The van der Waals surface area contributed by atoms with Crippen molar-refractivity contribution in [2.75, 3.05) is 36.0 Å². The van der Waals surface area contributed by atoms with Crippen LogP contribution in [0.2, 0.25) is 0 Å². The molecule has 5 rings (SSSR count). The van der Waals surface area contributed by atoms with Gasteiger partial charge in [0, 0.05) is 50.1 Å². The molecule has 0 saturated carbocycles. The van der Waals surface area contributed by atoms with Crippen LogP contribution in [0.5, 0.6) is 5.75 Å². The Labute approximate surface area is 173 Å². The van der Waals surface area contributed by atoms with Crippen LogP contribution in [-0.4, -0.2) is 58.2 Å². The van der Waals surface area contributed by atoms with Gasteiger partial charge in [-0.2, -0.15) is 5.10 Å². The second kappa shape index (κ2) is 7.40. The van der Waals surface area contributed by atoms with Crippen molar-refractivity contribution >= 4 is 22.9 Å². The second-order valence-corrected chi connectivity index (χ2v) is 7.62. The number of anilines is 2. The maximum absolute atomic E-state index is 14.2. The molecule has 1 fully saturated rings. The summed E-state index contributed by atoms with van der Waals surface area (Å²) in [4.78, 5) is 17.8. The highest BCUT2D eigenvalue weighted by Gasteiger charge is 2.26. The molecule has 4 heterocycles. The number of ether oxygens (including phenoxy) is 1. The Bertz CT molecular complexity index is 1090.